The molecule has 1 atom stereocenters. The molecule has 2 amide bonds. The second kappa shape index (κ2) is 8.12. The standard InChI is InChI=1S/C15H28N2O3/c1-10(2)9-13(14(18)20-4)17-15(19)16-12-7-5-11(3)6-8-12/h10-13H,5-9H2,1-4H3,(H2,16,17,19). The Morgan fingerprint density at radius 3 is 2.30 bits per heavy atom. The molecule has 1 fully saturated rings. The monoisotopic (exact) mass is 284 g/mol. The van der Waals surface area contributed by atoms with Gasteiger partial charge in [-0.1, -0.05) is 20.8 Å². The van der Waals surface area contributed by atoms with Crippen LogP contribution in [-0.4, -0.2) is 31.2 Å². The van der Waals surface area contributed by atoms with Gasteiger partial charge in [0.25, 0.3) is 0 Å². The highest BCUT2D eigenvalue weighted by atomic mass is 16.5. The van der Waals surface area contributed by atoms with Crippen LogP contribution in [0.1, 0.15) is 52.9 Å². The number of nitrogens with one attached hydrogen (secondary N) is 2. The van der Waals surface area contributed by atoms with E-state index in [2.05, 4.69) is 17.6 Å². The van der Waals surface area contributed by atoms with Crippen molar-refractivity contribution in [2.75, 3.05) is 7.11 Å². The zero-order chi connectivity index (χ0) is 15.1. The highest BCUT2D eigenvalue weighted by Crippen LogP contribution is 2.23. The number of methoxy groups -OCH3 is 1. The molecule has 1 aliphatic rings. The molecule has 20 heavy (non-hydrogen) atoms. The van der Waals surface area contributed by atoms with E-state index in [0.717, 1.165) is 31.6 Å². The normalized spacial score (nSPS) is 24.1. The van der Waals surface area contributed by atoms with Crippen LogP contribution in [-0.2, 0) is 9.53 Å². The maximum absolute atomic E-state index is 12.0. The fraction of sp³-hybridized carbons (Fsp3) is 0.867. The summed E-state index contributed by atoms with van der Waals surface area (Å²) >= 11 is 0. The van der Waals surface area contributed by atoms with Crippen molar-refractivity contribution in [3.8, 4) is 0 Å². The minimum Gasteiger partial charge on any atom is -0.467 e. The molecule has 1 unspecified atom stereocenters. The van der Waals surface area contributed by atoms with Crippen molar-refractivity contribution in [2.45, 2.75) is 65.0 Å². The van der Waals surface area contributed by atoms with E-state index in [4.69, 9.17) is 4.74 Å². The predicted octanol–water partition coefficient (Wildman–Crippen LogP) is 2.45. The third-order valence-corrected chi connectivity index (χ3v) is 3.85. The van der Waals surface area contributed by atoms with Gasteiger partial charge in [0, 0.05) is 6.04 Å². The summed E-state index contributed by atoms with van der Waals surface area (Å²) in [7, 11) is 1.35. The second-order valence-corrected chi connectivity index (χ2v) is 6.28. The minimum absolute atomic E-state index is 0.226. The topological polar surface area (TPSA) is 67.4 Å². The molecule has 0 radical (unpaired) electrons. The average Bonchev–Trinajstić information content (AvgIpc) is 2.39. The zero-order valence-corrected chi connectivity index (χ0v) is 13.1. The first kappa shape index (κ1) is 16.8. The largest absolute Gasteiger partial charge is 0.467 e. The van der Waals surface area contributed by atoms with Gasteiger partial charge in [0.05, 0.1) is 7.11 Å². The zero-order valence-electron chi connectivity index (χ0n) is 13.1. The van der Waals surface area contributed by atoms with Gasteiger partial charge in [-0.3, -0.25) is 0 Å². The number of urea groups is 1. The van der Waals surface area contributed by atoms with Gasteiger partial charge >= 0.3 is 12.0 Å². The van der Waals surface area contributed by atoms with E-state index in [1.165, 1.54) is 7.11 Å². The van der Waals surface area contributed by atoms with E-state index < -0.39 is 6.04 Å². The molecule has 0 spiro atoms. The van der Waals surface area contributed by atoms with Crippen molar-refractivity contribution in [1.82, 2.24) is 10.6 Å². The minimum atomic E-state index is -0.567. The first-order valence-electron chi connectivity index (χ1n) is 7.57. The van der Waals surface area contributed by atoms with Crippen molar-refractivity contribution in [3.05, 3.63) is 0 Å². The van der Waals surface area contributed by atoms with E-state index in [-0.39, 0.29) is 18.0 Å². The van der Waals surface area contributed by atoms with Crippen LogP contribution in [0.2, 0.25) is 0 Å². The van der Waals surface area contributed by atoms with Gasteiger partial charge in [0.1, 0.15) is 6.04 Å². The van der Waals surface area contributed by atoms with Crippen LogP contribution in [0, 0.1) is 11.8 Å². The summed E-state index contributed by atoms with van der Waals surface area (Å²) < 4.78 is 4.74. The molecule has 0 aromatic carbocycles. The van der Waals surface area contributed by atoms with E-state index in [0.29, 0.717) is 12.3 Å². The molecule has 1 rings (SSSR count). The summed E-state index contributed by atoms with van der Waals surface area (Å²) in [6.07, 6.45) is 4.92. The van der Waals surface area contributed by atoms with Gasteiger partial charge in [-0.05, 0) is 43.9 Å². The smallest absolute Gasteiger partial charge is 0.328 e. The summed E-state index contributed by atoms with van der Waals surface area (Å²) in [5.41, 5.74) is 0. The molecular formula is C15H28N2O3. The van der Waals surface area contributed by atoms with Crippen molar-refractivity contribution in [2.24, 2.45) is 11.8 Å². The van der Waals surface area contributed by atoms with Gasteiger partial charge in [-0.25, -0.2) is 9.59 Å². The van der Waals surface area contributed by atoms with Crippen molar-refractivity contribution in [1.29, 1.82) is 0 Å². The number of esters is 1. The Morgan fingerprint density at radius 1 is 1.20 bits per heavy atom. The molecular weight excluding hydrogens is 256 g/mol. The van der Waals surface area contributed by atoms with Gasteiger partial charge in [-0.15, -0.1) is 0 Å². The SMILES string of the molecule is COC(=O)C(CC(C)C)NC(=O)NC1CCC(C)CC1. The summed E-state index contributed by atoms with van der Waals surface area (Å²) in [4.78, 5) is 23.6. The molecule has 0 saturated heterocycles. The molecule has 0 bridgehead atoms. The summed E-state index contributed by atoms with van der Waals surface area (Å²) in [6, 6.07) is -0.605. The molecule has 0 aliphatic heterocycles. The van der Waals surface area contributed by atoms with Crippen LogP contribution in [0.15, 0.2) is 0 Å². The Bertz CT molecular complexity index is 323. The third-order valence-electron chi connectivity index (χ3n) is 3.85. The maximum atomic E-state index is 12.0. The Kier molecular flexibility index (Phi) is 6.82. The lowest BCUT2D eigenvalue weighted by atomic mass is 9.87. The van der Waals surface area contributed by atoms with Crippen molar-refractivity contribution in [3.63, 3.8) is 0 Å². The van der Waals surface area contributed by atoms with Gasteiger partial charge in [0.2, 0.25) is 0 Å². The Labute approximate surface area is 121 Å². The van der Waals surface area contributed by atoms with Crippen LogP contribution in [0.4, 0.5) is 4.79 Å². The van der Waals surface area contributed by atoms with E-state index in [1.54, 1.807) is 0 Å². The Hall–Kier alpha value is -1.26. The summed E-state index contributed by atoms with van der Waals surface area (Å²) in [5, 5.41) is 5.70. The van der Waals surface area contributed by atoms with Crippen LogP contribution in [0.3, 0.4) is 0 Å². The lowest BCUT2D eigenvalue weighted by Crippen LogP contribution is -2.50. The number of hydrogen-bond donors (Lipinski definition) is 2. The summed E-state index contributed by atoms with van der Waals surface area (Å²) in [5.74, 6) is 0.681. The predicted molar refractivity (Wildman–Crippen MR) is 78.3 cm³/mol. The highest BCUT2D eigenvalue weighted by Gasteiger charge is 2.25. The van der Waals surface area contributed by atoms with Crippen LogP contribution < -0.4 is 10.6 Å². The lowest BCUT2D eigenvalue weighted by Gasteiger charge is -2.28. The number of ether oxygens (including phenoxy) is 1. The molecule has 5 nitrogen and oxygen atoms in total. The molecule has 0 aromatic rings. The second-order valence-electron chi connectivity index (χ2n) is 6.28. The molecule has 2 N–H and O–H groups in total. The first-order valence-corrected chi connectivity index (χ1v) is 7.57. The number of carbonyl (C=O) groups is 2. The molecule has 5 heteroatoms. The Morgan fingerprint density at radius 2 is 1.80 bits per heavy atom. The molecule has 1 aliphatic carbocycles. The molecule has 1 saturated carbocycles. The number of amides is 2. The average molecular weight is 284 g/mol. The van der Waals surface area contributed by atoms with Crippen LogP contribution >= 0.6 is 0 Å². The van der Waals surface area contributed by atoms with Gasteiger partial charge < -0.3 is 15.4 Å². The van der Waals surface area contributed by atoms with Crippen molar-refractivity contribution < 1.29 is 14.3 Å². The maximum Gasteiger partial charge on any atom is 0.328 e. The fourth-order valence-electron chi connectivity index (χ4n) is 2.62. The molecule has 0 aromatic heterocycles. The lowest BCUT2D eigenvalue weighted by molar-refractivity contribution is -0.143. The van der Waals surface area contributed by atoms with Crippen molar-refractivity contribution >= 4 is 12.0 Å². The quantitative estimate of drug-likeness (QED) is 0.762. The molecule has 0 heterocycles. The van der Waals surface area contributed by atoms with E-state index >= 15 is 0 Å². The van der Waals surface area contributed by atoms with Gasteiger partial charge in [0.15, 0.2) is 0 Å². The highest BCUT2D eigenvalue weighted by molar-refractivity contribution is 5.83. The first-order chi connectivity index (χ1) is 9.42. The Balaban J connectivity index is 2.43. The third kappa shape index (κ3) is 5.80. The van der Waals surface area contributed by atoms with Crippen LogP contribution in [0.5, 0.6) is 0 Å². The fourth-order valence-corrected chi connectivity index (χ4v) is 2.62. The van der Waals surface area contributed by atoms with Crippen LogP contribution in [0.25, 0.3) is 0 Å². The number of carbonyl (C=O) groups excluding carboxylic acids is 2. The summed E-state index contributed by atoms with van der Waals surface area (Å²) in [6.45, 7) is 6.27. The molecule has 116 valence electrons. The van der Waals surface area contributed by atoms with E-state index in [1.807, 2.05) is 13.8 Å². The number of rotatable bonds is 5. The van der Waals surface area contributed by atoms with E-state index in [9.17, 15) is 9.59 Å². The number of hydrogen-bond acceptors (Lipinski definition) is 3. The van der Waals surface area contributed by atoms with Gasteiger partial charge in [-0.2, -0.15) is 0 Å².